The summed E-state index contributed by atoms with van der Waals surface area (Å²) in [5.41, 5.74) is 3.75. The molecule has 0 saturated carbocycles. The Morgan fingerprint density at radius 1 is 0.966 bits per heavy atom. The van der Waals surface area contributed by atoms with Gasteiger partial charge in [0.25, 0.3) is 0 Å². The van der Waals surface area contributed by atoms with Crippen LogP contribution in [0.4, 0.5) is 5.69 Å². The summed E-state index contributed by atoms with van der Waals surface area (Å²) < 4.78 is 5.68. The number of hydrogen-bond acceptors (Lipinski definition) is 4. The summed E-state index contributed by atoms with van der Waals surface area (Å²) in [5.74, 6) is -0.763. The lowest BCUT2D eigenvalue weighted by molar-refractivity contribution is -0.137. The SMILES string of the molecule is Cc1ccc(OCCCC(=O)Nc2ccc(CC(=O)NCC(=O)O)cc2)cc1C. The minimum atomic E-state index is -1.09. The Morgan fingerprint density at radius 2 is 1.69 bits per heavy atom. The van der Waals surface area contributed by atoms with Crippen LogP contribution in [-0.2, 0) is 20.8 Å². The summed E-state index contributed by atoms with van der Waals surface area (Å²) in [4.78, 5) is 34.1. The fraction of sp³-hybridized carbons (Fsp3) is 0.318. The number of hydrogen-bond donors (Lipinski definition) is 3. The first-order chi connectivity index (χ1) is 13.8. The molecule has 2 aromatic rings. The summed E-state index contributed by atoms with van der Waals surface area (Å²) >= 11 is 0. The number of rotatable bonds is 10. The fourth-order valence-electron chi connectivity index (χ4n) is 2.58. The number of carboxylic acid groups (broad SMARTS) is 1. The van der Waals surface area contributed by atoms with E-state index in [9.17, 15) is 14.4 Å². The van der Waals surface area contributed by atoms with Crippen LogP contribution in [0.15, 0.2) is 42.5 Å². The van der Waals surface area contributed by atoms with Gasteiger partial charge in [-0.05, 0) is 61.2 Å². The second kappa shape index (κ2) is 10.8. The van der Waals surface area contributed by atoms with Crippen LogP contribution >= 0.6 is 0 Å². The van der Waals surface area contributed by atoms with E-state index < -0.39 is 12.5 Å². The fourth-order valence-corrected chi connectivity index (χ4v) is 2.58. The van der Waals surface area contributed by atoms with Gasteiger partial charge in [0.1, 0.15) is 12.3 Å². The maximum atomic E-state index is 12.0. The van der Waals surface area contributed by atoms with Gasteiger partial charge in [0.05, 0.1) is 13.0 Å². The number of anilines is 1. The highest BCUT2D eigenvalue weighted by molar-refractivity contribution is 5.90. The molecule has 7 heteroatoms. The monoisotopic (exact) mass is 398 g/mol. The van der Waals surface area contributed by atoms with E-state index in [0.29, 0.717) is 25.1 Å². The van der Waals surface area contributed by atoms with Crippen LogP contribution in [0.1, 0.15) is 29.5 Å². The quantitative estimate of drug-likeness (QED) is 0.534. The van der Waals surface area contributed by atoms with Crippen molar-refractivity contribution in [2.24, 2.45) is 0 Å². The van der Waals surface area contributed by atoms with Gasteiger partial charge in [0.2, 0.25) is 11.8 Å². The van der Waals surface area contributed by atoms with Gasteiger partial charge < -0.3 is 20.5 Å². The first-order valence-corrected chi connectivity index (χ1v) is 9.41. The molecule has 0 radical (unpaired) electrons. The predicted molar refractivity (Wildman–Crippen MR) is 110 cm³/mol. The number of carbonyl (C=O) groups excluding carboxylic acids is 2. The van der Waals surface area contributed by atoms with Crippen LogP contribution in [0.3, 0.4) is 0 Å². The van der Waals surface area contributed by atoms with Gasteiger partial charge in [-0.1, -0.05) is 18.2 Å². The van der Waals surface area contributed by atoms with Crippen molar-refractivity contribution in [1.82, 2.24) is 5.32 Å². The average Bonchev–Trinajstić information content (AvgIpc) is 2.68. The Balaban J connectivity index is 1.69. The molecule has 3 N–H and O–H groups in total. The molecule has 0 saturated heterocycles. The van der Waals surface area contributed by atoms with Crippen molar-refractivity contribution in [3.8, 4) is 5.75 Å². The molecule has 0 bridgehead atoms. The zero-order valence-corrected chi connectivity index (χ0v) is 16.7. The predicted octanol–water partition coefficient (Wildman–Crippen LogP) is 2.84. The summed E-state index contributed by atoms with van der Waals surface area (Å²) in [7, 11) is 0. The number of ether oxygens (including phenoxy) is 1. The number of carbonyl (C=O) groups is 3. The number of amides is 2. The Labute approximate surface area is 170 Å². The topological polar surface area (TPSA) is 105 Å². The summed E-state index contributed by atoms with van der Waals surface area (Å²) in [6.07, 6.45) is 1.02. The second-order valence-electron chi connectivity index (χ2n) is 6.79. The number of carboxylic acids is 1. The Morgan fingerprint density at radius 3 is 2.34 bits per heavy atom. The molecule has 0 fully saturated rings. The third kappa shape index (κ3) is 8.04. The molecule has 0 aromatic heterocycles. The molecule has 0 spiro atoms. The molecule has 29 heavy (non-hydrogen) atoms. The lowest BCUT2D eigenvalue weighted by Crippen LogP contribution is -2.30. The first-order valence-electron chi connectivity index (χ1n) is 9.41. The Kier molecular flexibility index (Phi) is 8.21. The van der Waals surface area contributed by atoms with Crippen LogP contribution in [0.2, 0.25) is 0 Å². The molecule has 0 aliphatic carbocycles. The summed E-state index contributed by atoms with van der Waals surface area (Å²) in [6.45, 7) is 4.13. The van der Waals surface area contributed by atoms with E-state index >= 15 is 0 Å². The summed E-state index contributed by atoms with van der Waals surface area (Å²) in [6, 6.07) is 12.8. The molecule has 0 aliphatic rings. The number of benzene rings is 2. The largest absolute Gasteiger partial charge is 0.494 e. The van der Waals surface area contributed by atoms with Crippen molar-refractivity contribution in [2.45, 2.75) is 33.1 Å². The zero-order valence-electron chi connectivity index (χ0n) is 16.7. The number of aliphatic carboxylic acids is 1. The normalized spacial score (nSPS) is 10.3. The third-order valence-corrected chi connectivity index (χ3v) is 4.33. The van der Waals surface area contributed by atoms with E-state index in [1.807, 2.05) is 32.0 Å². The molecule has 2 aromatic carbocycles. The van der Waals surface area contributed by atoms with Crippen molar-refractivity contribution in [2.75, 3.05) is 18.5 Å². The lowest BCUT2D eigenvalue weighted by Gasteiger charge is -2.09. The van der Waals surface area contributed by atoms with Crippen molar-refractivity contribution < 1.29 is 24.2 Å². The Hall–Kier alpha value is -3.35. The second-order valence-corrected chi connectivity index (χ2v) is 6.79. The number of aryl methyl sites for hydroxylation is 2. The summed E-state index contributed by atoms with van der Waals surface area (Å²) in [5, 5.41) is 13.7. The van der Waals surface area contributed by atoms with Gasteiger partial charge in [-0.25, -0.2) is 0 Å². The van der Waals surface area contributed by atoms with Crippen LogP contribution in [0.25, 0.3) is 0 Å². The van der Waals surface area contributed by atoms with Crippen LogP contribution < -0.4 is 15.4 Å². The highest BCUT2D eigenvalue weighted by Gasteiger charge is 2.07. The third-order valence-electron chi connectivity index (χ3n) is 4.33. The van der Waals surface area contributed by atoms with Gasteiger partial charge in [-0.2, -0.15) is 0 Å². The van der Waals surface area contributed by atoms with E-state index in [2.05, 4.69) is 10.6 Å². The molecule has 0 aliphatic heterocycles. The Bertz CT molecular complexity index is 862. The van der Waals surface area contributed by atoms with Gasteiger partial charge in [-0.15, -0.1) is 0 Å². The molecule has 0 heterocycles. The van der Waals surface area contributed by atoms with E-state index in [0.717, 1.165) is 11.3 Å². The van der Waals surface area contributed by atoms with Gasteiger partial charge in [-0.3, -0.25) is 14.4 Å². The molecule has 2 rings (SSSR count). The van der Waals surface area contributed by atoms with E-state index in [4.69, 9.17) is 9.84 Å². The maximum Gasteiger partial charge on any atom is 0.322 e. The smallest absolute Gasteiger partial charge is 0.322 e. The van der Waals surface area contributed by atoms with E-state index in [1.165, 1.54) is 11.1 Å². The highest BCUT2D eigenvalue weighted by atomic mass is 16.5. The van der Waals surface area contributed by atoms with E-state index in [1.54, 1.807) is 24.3 Å². The maximum absolute atomic E-state index is 12.0. The highest BCUT2D eigenvalue weighted by Crippen LogP contribution is 2.17. The average molecular weight is 398 g/mol. The van der Waals surface area contributed by atoms with Crippen molar-refractivity contribution in [3.63, 3.8) is 0 Å². The minimum absolute atomic E-state index is 0.0807. The van der Waals surface area contributed by atoms with E-state index in [-0.39, 0.29) is 18.2 Å². The van der Waals surface area contributed by atoms with Crippen molar-refractivity contribution in [1.29, 1.82) is 0 Å². The van der Waals surface area contributed by atoms with Crippen molar-refractivity contribution >= 4 is 23.5 Å². The molecular formula is C22H26N2O5. The molecular weight excluding hydrogens is 372 g/mol. The molecule has 0 unspecified atom stereocenters. The van der Waals surface area contributed by atoms with Crippen LogP contribution in [-0.4, -0.2) is 36.0 Å². The van der Waals surface area contributed by atoms with Gasteiger partial charge >= 0.3 is 5.97 Å². The van der Waals surface area contributed by atoms with Crippen LogP contribution in [0, 0.1) is 13.8 Å². The lowest BCUT2D eigenvalue weighted by atomic mass is 10.1. The minimum Gasteiger partial charge on any atom is -0.494 e. The first kappa shape index (κ1) is 21.9. The number of nitrogens with one attached hydrogen (secondary N) is 2. The molecule has 154 valence electrons. The molecule has 7 nitrogen and oxygen atoms in total. The molecule has 0 atom stereocenters. The van der Waals surface area contributed by atoms with Crippen molar-refractivity contribution in [3.05, 3.63) is 59.2 Å². The zero-order chi connectivity index (χ0) is 21.2. The van der Waals surface area contributed by atoms with Crippen LogP contribution in [0.5, 0.6) is 5.75 Å². The molecule has 2 amide bonds. The standard InChI is InChI=1S/C22H26N2O5/c1-15-5-10-19(12-16(15)2)29-11-3-4-20(25)24-18-8-6-17(7-9-18)13-21(26)23-14-22(27)28/h5-10,12H,3-4,11,13-14H2,1-2H3,(H,23,26)(H,24,25)(H,27,28). The van der Waals surface area contributed by atoms with Gasteiger partial charge in [0, 0.05) is 12.1 Å². The van der Waals surface area contributed by atoms with Gasteiger partial charge in [0.15, 0.2) is 0 Å².